The van der Waals surface area contributed by atoms with E-state index < -0.39 is 17.7 Å². The summed E-state index contributed by atoms with van der Waals surface area (Å²) in [5.74, 6) is -1.01. The molecule has 0 aromatic carbocycles. The van der Waals surface area contributed by atoms with Gasteiger partial charge in [0, 0.05) is 18.8 Å². The molecule has 0 aromatic heterocycles. The summed E-state index contributed by atoms with van der Waals surface area (Å²) in [6.07, 6.45) is 4.64. The van der Waals surface area contributed by atoms with E-state index in [9.17, 15) is 4.79 Å². The number of ether oxygens (including phenoxy) is 2. The van der Waals surface area contributed by atoms with E-state index in [1.807, 2.05) is 20.8 Å². The Balaban J connectivity index is 1.91. The van der Waals surface area contributed by atoms with Gasteiger partial charge in [0.15, 0.2) is 5.60 Å². The molecule has 20 heavy (non-hydrogen) atoms. The monoisotopic (exact) mass is 284 g/mol. The van der Waals surface area contributed by atoms with Crippen LogP contribution in [0.15, 0.2) is 0 Å². The van der Waals surface area contributed by atoms with E-state index in [1.54, 1.807) is 0 Å². The van der Waals surface area contributed by atoms with Crippen molar-refractivity contribution in [2.75, 3.05) is 0 Å². The summed E-state index contributed by atoms with van der Waals surface area (Å²) in [5, 5.41) is 0. The molecule has 3 fully saturated rings. The maximum Gasteiger partial charge on any atom is 0.311 e. The van der Waals surface area contributed by atoms with Crippen molar-refractivity contribution in [3.05, 3.63) is 0 Å². The first kappa shape index (κ1) is 14.3. The van der Waals surface area contributed by atoms with Gasteiger partial charge in [0.1, 0.15) is 0 Å². The van der Waals surface area contributed by atoms with E-state index >= 15 is 0 Å². The van der Waals surface area contributed by atoms with Crippen LogP contribution in [0.5, 0.6) is 0 Å². The third-order valence-corrected chi connectivity index (χ3v) is 5.31. The topological polar surface area (TPSA) is 54.0 Å². The Hall–Kier alpha value is -0.650. The van der Waals surface area contributed by atoms with Crippen molar-refractivity contribution >= 4 is 5.97 Å². The molecule has 2 heterocycles. The predicted octanol–water partition coefficient (Wildman–Crippen LogP) is 2.93. The van der Waals surface area contributed by atoms with Crippen LogP contribution in [0.25, 0.3) is 0 Å². The molecule has 2 saturated heterocycles. The standard InChI is InChI=1S/C15H24O5/c1-4-14(5-2)18-13-15(20-19-14)9-7-6-8-11(15)10(3)12(16)17-13/h10-11,13H,4-9H2,1-3H3. The third-order valence-electron chi connectivity index (χ3n) is 5.31. The average molecular weight is 284 g/mol. The fraction of sp³-hybridized carbons (Fsp3) is 0.933. The minimum absolute atomic E-state index is 0.120. The first-order chi connectivity index (χ1) is 9.57. The molecule has 1 aliphatic carbocycles. The number of carbonyl (C=O) groups is 1. The summed E-state index contributed by atoms with van der Waals surface area (Å²) in [4.78, 5) is 23.6. The van der Waals surface area contributed by atoms with Crippen LogP contribution >= 0.6 is 0 Å². The number of hydrogen-bond donors (Lipinski definition) is 0. The Kier molecular flexibility index (Phi) is 3.55. The van der Waals surface area contributed by atoms with Gasteiger partial charge in [0.2, 0.25) is 12.1 Å². The van der Waals surface area contributed by atoms with Crippen LogP contribution in [-0.2, 0) is 24.0 Å². The fourth-order valence-corrected chi connectivity index (χ4v) is 3.81. The van der Waals surface area contributed by atoms with Crippen molar-refractivity contribution in [3.63, 3.8) is 0 Å². The van der Waals surface area contributed by atoms with Crippen LogP contribution in [0, 0.1) is 11.8 Å². The molecule has 0 N–H and O–H groups in total. The molecule has 0 amide bonds. The molecule has 1 saturated carbocycles. The SMILES string of the molecule is CCC1(CC)OOC23CCCCC2C(C)C(=O)OC3O1. The second kappa shape index (κ2) is 4.97. The van der Waals surface area contributed by atoms with Gasteiger partial charge < -0.3 is 9.47 Å². The van der Waals surface area contributed by atoms with E-state index in [0.29, 0.717) is 12.8 Å². The molecule has 4 atom stereocenters. The second-order valence-electron chi connectivity index (χ2n) is 6.27. The Morgan fingerprint density at radius 3 is 2.65 bits per heavy atom. The molecular formula is C15H24O5. The van der Waals surface area contributed by atoms with Gasteiger partial charge in [0.05, 0.1) is 5.92 Å². The third kappa shape index (κ3) is 1.90. The van der Waals surface area contributed by atoms with Crippen LogP contribution in [0.4, 0.5) is 0 Å². The lowest BCUT2D eigenvalue weighted by Crippen LogP contribution is -2.67. The highest BCUT2D eigenvalue weighted by atomic mass is 17.3. The average Bonchev–Trinajstić information content (AvgIpc) is 2.49. The van der Waals surface area contributed by atoms with Crippen molar-refractivity contribution in [3.8, 4) is 0 Å². The van der Waals surface area contributed by atoms with E-state index in [-0.39, 0.29) is 17.8 Å². The summed E-state index contributed by atoms with van der Waals surface area (Å²) in [6, 6.07) is 0. The van der Waals surface area contributed by atoms with Crippen molar-refractivity contribution in [1.29, 1.82) is 0 Å². The molecule has 3 rings (SSSR count). The quantitative estimate of drug-likeness (QED) is 0.576. The molecule has 5 heteroatoms. The zero-order valence-electron chi connectivity index (χ0n) is 12.5. The molecule has 5 nitrogen and oxygen atoms in total. The summed E-state index contributed by atoms with van der Waals surface area (Å²) in [7, 11) is 0. The van der Waals surface area contributed by atoms with E-state index in [0.717, 1.165) is 25.7 Å². The van der Waals surface area contributed by atoms with Gasteiger partial charge in [-0.25, -0.2) is 9.78 Å². The zero-order valence-corrected chi connectivity index (χ0v) is 12.5. The van der Waals surface area contributed by atoms with Gasteiger partial charge in [-0.2, -0.15) is 0 Å². The Morgan fingerprint density at radius 2 is 1.95 bits per heavy atom. The molecule has 2 aliphatic heterocycles. The van der Waals surface area contributed by atoms with Gasteiger partial charge in [0.25, 0.3) is 0 Å². The van der Waals surface area contributed by atoms with Gasteiger partial charge in [-0.3, -0.25) is 4.79 Å². The van der Waals surface area contributed by atoms with Crippen LogP contribution in [0.1, 0.15) is 59.3 Å². The molecule has 3 aliphatic rings. The van der Waals surface area contributed by atoms with Crippen LogP contribution in [-0.4, -0.2) is 23.6 Å². The Bertz CT molecular complexity index is 392. The van der Waals surface area contributed by atoms with Crippen LogP contribution < -0.4 is 0 Å². The van der Waals surface area contributed by atoms with Gasteiger partial charge in [-0.05, 0) is 12.8 Å². The highest BCUT2D eigenvalue weighted by Gasteiger charge is 2.63. The summed E-state index contributed by atoms with van der Waals surface area (Å²) < 4.78 is 11.6. The molecule has 114 valence electrons. The van der Waals surface area contributed by atoms with Crippen LogP contribution in [0.3, 0.4) is 0 Å². The zero-order chi connectivity index (χ0) is 14.4. The number of carbonyl (C=O) groups excluding carboxylic acids is 1. The molecule has 0 bridgehead atoms. The van der Waals surface area contributed by atoms with E-state index in [4.69, 9.17) is 19.2 Å². The smallest absolute Gasteiger partial charge is 0.311 e. The lowest BCUT2D eigenvalue weighted by atomic mass is 9.67. The normalized spacial score (nSPS) is 43.4. The Labute approximate surface area is 119 Å². The minimum Gasteiger partial charge on any atom is -0.432 e. The molecule has 1 spiro atoms. The first-order valence-electron chi connectivity index (χ1n) is 7.82. The van der Waals surface area contributed by atoms with Gasteiger partial charge in [-0.1, -0.05) is 33.6 Å². The second-order valence-corrected chi connectivity index (χ2v) is 6.27. The van der Waals surface area contributed by atoms with Crippen LogP contribution in [0.2, 0.25) is 0 Å². The van der Waals surface area contributed by atoms with Gasteiger partial charge in [-0.15, -0.1) is 0 Å². The molecule has 0 radical (unpaired) electrons. The first-order valence-corrected chi connectivity index (χ1v) is 7.82. The summed E-state index contributed by atoms with van der Waals surface area (Å²) in [6.45, 7) is 5.88. The van der Waals surface area contributed by atoms with Crippen molar-refractivity contribution in [1.82, 2.24) is 0 Å². The highest BCUT2D eigenvalue weighted by Crippen LogP contribution is 2.52. The molecule has 4 unspecified atom stereocenters. The maximum absolute atomic E-state index is 12.1. The maximum atomic E-state index is 12.1. The molecule has 0 aromatic rings. The van der Waals surface area contributed by atoms with Crippen molar-refractivity contribution < 1.29 is 24.0 Å². The largest absolute Gasteiger partial charge is 0.432 e. The van der Waals surface area contributed by atoms with E-state index in [2.05, 4.69) is 0 Å². The highest BCUT2D eigenvalue weighted by molar-refractivity contribution is 5.74. The van der Waals surface area contributed by atoms with E-state index in [1.165, 1.54) is 0 Å². The fourth-order valence-electron chi connectivity index (χ4n) is 3.81. The minimum atomic E-state index is -0.793. The predicted molar refractivity (Wildman–Crippen MR) is 70.3 cm³/mol. The van der Waals surface area contributed by atoms with Crippen molar-refractivity contribution in [2.24, 2.45) is 11.8 Å². The number of esters is 1. The van der Waals surface area contributed by atoms with Gasteiger partial charge >= 0.3 is 5.97 Å². The number of rotatable bonds is 2. The molecular weight excluding hydrogens is 260 g/mol. The number of hydrogen-bond acceptors (Lipinski definition) is 5. The Morgan fingerprint density at radius 1 is 1.20 bits per heavy atom. The van der Waals surface area contributed by atoms with Crippen molar-refractivity contribution in [2.45, 2.75) is 77.0 Å². The summed E-state index contributed by atoms with van der Waals surface area (Å²) >= 11 is 0. The summed E-state index contributed by atoms with van der Waals surface area (Å²) in [5.41, 5.74) is -0.612. The lowest BCUT2D eigenvalue weighted by molar-refractivity contribution is -0.565. The lowest BCUT2D eigenvalue weighted by Gasteiger charge is -2.56.